The van der Waals surface area contributed by atoms with Crippen LogP contribution in [0.4, 0.5) is 0 Å². The van der Waals surface area contributed by atoms with E-state index in [4.69, 9.17) is 5.73 Å². The van der Waals surface area contributed by atoms with E-state index in [-0.39, 0.29) is 0 Å². The minimum Gasteiger partial charge on any atom is -0.343 e. The maximum absolute atomic E-state index is 5.81. The Morgan fingerprint density at radius 3 is 2.88 bits per heavy atom. The summed E-state index contributed by atoms with van der Waals surface area (Å²) in [5.41, 5.74) is 9.63. The number of aromatic nitrogens is 1. The molecule has 0 bridgehead atoms. The van der Waals surface area contributed by atoms with E-state index in [1.54, 1.807) is 11.3 Å². The molecule has 3 aromatic rings. The van der Waals surface area contributed by atoms with E-state index in [0.717, 1.165) is 6.54 Å². The molecule has 0 amide bonds. The Morgan fingerprint density at radius 2 is 2.12 bits per heavy atom. The molecule has 2 heterocycles. The summed E-state index contributed by atoms with van der Waals surface area (Å²) in [5, 5.41) is 5.57. The van der Waals surface area contributed by atoms with Crippen LogP contribution in [0.25, 0.3) is 10.9 Å². The van der Waals surface area contributed by atoms with Crippen LogP contribution in [0.15, 0.2) is 47.3 Å². The quantitative estimate of drug-likeness (QED) is 0.751. The van der Waals surface area contributed by atoms with Gasteiger partial charge in [0.2, 0.25) is 0 Å². The Balaban J connectivity index is 2.10. The van der Waals surface area contributed by atoms with Crippen LogP contribution < -0.4 is 5.73 Å². The molecule has 17 heavy (non-hydrogen) atoms. The maximum atomic E-state index is 5.81. The highest BCUT2D eigenvalue weighted by molar-refractivity contribution is 7.07. The summed E-state index contributed by atoms with van der Waals surface area (Å²) in [5.74, 6) is 0. The average Bonchev–Trinajstić information content (AvgIpc) is 2.99. The lowest BCUT2D eigenvalue weighted by molar-refractivity contribution is 0.833. The molecular weight excluding hydrogens is 228 g/mol. The monoisotopic (exact) mass is 242 g/mol. The second-order valence-electron chi connectivity index (χ2n) is 4.13. The van der Waals surface area contributed by atoms with Crippen LogP contribution in [0.1, 0.15) is 11.1 Å². The molecule has 0 spiro atoms. The van der Waals surface area contributed by atoms with Crippen molar-refractivity contribution in [3.8, 4) is 0 Å². The van der Waals surface area contributed by atoms with E-state index in [2.05, 4.69) is 51.9 Å². The first-order chi connectivity index (χ1) is 8.38. The van der Waals surface area contributed by atoms with Crippen molar-refractivity contribution in [2.75, 3.05) is 0 Å². The summed E-state index contributed by atoms with van der Waals surface area (Å²) in [4.78, 5) is 0. The van der Waals surface area contributed by atoms with Gasteiger partial charge >= 0.3 is 0 Å². The number of benzene rings is 1. The molecule has 2 aromatic heterocycles. The first-order valence-corrected chi connectivity index (χ1v) is 6.60. The van der Waals surface area contributed by atoms with Crippen LogP contribution in [0.3, 0.4) is 0 Å². The predicted molar refractivity (Wildman–Crippen MR) is 73.3 cm³/mol. The number of rotatable bonds is 3. The molecule has 1 aromatic carbocycles. The largest absolute Gasteiger partial charge is 0.343 e. The van der Waals surface area contributed by atoms with Gasteiger partial charge in [-0.1, -0.05) is 18.2 Å². The van der Waals surface area contributed by atoms with Crippen LogP contribution in [0, 0.1) is 0 Å². The van der Waals surface area contributed by atoms with Crippen LogP contribution in [0.5, 0.6) is 0 Å². The highest BCUT2D eigenvalue weighted by Gasteiger charge is 2.05. The lowest BCUT2D eigenvalue weighted by Crippen LogP contribution is -2.02. The molecule has 0 radical (unpaired) electrons. The van der Waals surface area contributed by atoms with Crippen LogP contribution in [0.2, 0.25) is 0 Å². The van der Waals surface area contributed by atoms with Crippen molar-refractivity contribution in [1.29, 1.82) is 0 Å². The van der Waals surface area contributed by atoms with Crippen molar-refractivity contribution in [3.63, 3.8) is 0 Å². The third-order valence-corrected chi connectivity index (χ3v) is 3.76. The smallest absolute Gasteiger partial charge is 0.0528 e. The highest BCUT2D eigenvalue weighted by Crippen LogP contribution is 2.21. The number of fused-ring (bicyclic) bond motifs is 1. The van der Waals surface area contributed by atoms with Crippen molar-refractivity contribution in [3.05, 3.63) is 58.4 Å². The predicted octanol–water partition coefficient (Wildman–Crippen LogP) is 3.21. The summed E-state index contributed by atoms with van der Waals surface area (Å²) in [7, 11) is 0. The van der Waals surface area contributed by atoms with Gasteiger partial charge in [0.1, 0.15) is 0 Å². The summed E-state index contributed by atoms with van der Waals surface area (Å²) in [6, 6.07) is 10.6. The second-order valence-corrected chi connectivity index (χ2v) is 4.91. The number of hydrogen-bond acceptors (Lipinski definition) is 2. The molecule has 0 unspecified atom stereocenters. The van der Waals surface area contributed by atoms with Gasteiger partial charge in [0.25, 0.3) is 0 Å². The Kier molecular flexibility index (Phi) is 2.71. The number of thiophene rings is 1. The highest BCUT2D eigenvalue weighted by atomic mass is 32.1. The van der Waals surface area contributed by atoms with Gasteiger partial charge in [0.05, 0.1) is 5.52 Å². The van der Waals surface area contributed by atoms with E-state index >= 15 is 0 Å². The van der Waals surface area contributed by atoms with Crippen LogP contribution >= 0.6 is 11.3 Å². The fraction of sp³-hybridized carbons (Fsp3) is 0.143. The fourth-order valence-electron chi connectivity index (χ4n) is 2.22. The zero-order valence-corrected chi connectivity index (χ0v) is 10.3. The van der Waals surface area contributed by atoms with Gasteiger partial charge in [-0.3, -0.25) is 0 Å². The zero-order valence-electron chi connectivity index (χ0n) is 9.47. The zero-order chi connectivity index (χ0) is 11.7. The normalized spacial score (nSPS) is 11.1. The first kappa shape index (κ1) is 10.6. The fourth-order valence-corrected chi connectivity index (χ4v) is 2.88. The molecule has 0 aliphatic carbocycles. The minimum atomic E-state index is 0.588. The third kappa shape index (κ3) is 1.88. The Labute approximate surface area is 104 Å². The van der Waals surface area contributed by atoms with Gasteiger partial charge in [0, 0.05) is 19.3 Å². The summed E-state index contributed by atoms with van der Waals surface area (Å²) < 4.78 is 2.28. The van der Waals surface area contributed by atoms with Crippen molar-refractivity contribution in [1.82, 2.24) is 4.57 Å². The van der Waals surface area contributed by atoms with Crippen molar-refractivity contribution in [2.45, 2.75) is 13.1 Å². The summed E-state index contributed by atoms with van der Waals surface area (Å²) >= 11 is 1.74. The summed E-state index contributed by atoms with van der Waals surface area (Å²) in [6.45, 7) is 1.51. The summed E-state index contributed by atoms with van der Waals surface area (Å²) in [6.07, 6.45) is 2.14. The van der Waals surface area contributed by atoms with Crippen molar-refractivity contribution >= 4 is 22.2 Å². The van der Waals surface area contributed by atoms with Gasteiger partial charge in [-0.25, -0.2) is 0 Å². The minimum absolute atomic E-state index is 0.588. The van der Waals surface area contributed by atoms with Crippen molar-refractivity contribution in [2.24, 2.45) is 5.73 Å². The number of para-hydroxylation sites is 1. The SMILES string of the molecule is NCc1cccc2ccn(Cc3ccsc3)c12. The molecule has 86 valence electrons. The lowest BCUT2D eigenvalue weighted by atomic mass is 10.1. The van der Waals surface area contributed by atoms with E-state index in [0.29, 0.717) is 6.54 Å². The van der Waals surface area contributed by atoms with Crippen LogP contribution in [-0.4, -0.2) is 4.57 Å². The standard InChI is InChI=1S/C14H14N2S/c15-8-13-3-1-2-12-4-6-16(14(12)13)9-11-5-7-17-10-11/h1-7,10H,8-9,15H2. The molecule has 2 nitrogen and oxygen atoms in total. The Bertz CT molecular complexity index is 623. The van der Waals surface area contributed by atoms with Crippen LogP contribution in [-0.2, 0) is 13.1 Å². The molecule has 0 aliphatic heterocycles. The maximum Gasteiger partial charge on any atom is 0.0528 e. The van der Waals surface area contributed by atoms with Gasteiger partial charge in [0.15, 0.2) is 0 Å². The van der Waals surface area contributed by atoms with E-state index in [9.17, 15) is 0 Å². The molecule has 3 heteroatoms. The molecule has 0 saturated carbocycles. The second kappa shape index (κ2) is 4.35. The lowest BCUT2D eigenvalue weighted by Gasteiger charge is -2.07. The van der Waals surface area contributed by atoms with E-state index in [1.165, 1.54) is 22.0 Å². The third-order valence-electron chi connectivity index (χ3n) is 3.02. The molecule has 0 saturated heterocycles. The molecular formula is C14H14N2S. The number of hydrogen-bond donors (Lipinski definition) is 1. The molecule has 0 atom stereocenters. The molecule has 2 N–H and O–H groups in total. The topological polar surface area (TPSA) is 30.9 Å². The first-order valence-electron chi connectivity index (χ1n) is 5.66. The van der Waals surface area contributed by atoms with Gasteiger partial charge < -0.3 is 10.3 Å². The molecule has 0 aliphatic rings. The van der Waals surface area contributed by atoms with Crippen molar-refractivity contribution < 1.29 is 0 Å². The number of nitrogens with zero attached hydrogens (tertiary/aromatic N) is 1. The molecule has 3 rings (SSSR count). The Morgan fingerprint density at radius 1 is 1.18 bits per heavy atom. The van der Waals surface area contributed by atoms with Gasteiger partial charge in [-0.2, -0.15) is 11.3 Å². The van der Waals surface area contributed by atoms with E-state index < -0.39 is 0 Å². The number of nitrogens with two attached hydrogens (primary N) is 1. The van der Waals surface area contributed by atoms with Gasteiger partial charge in [-0.15, -0.1) is 0 Å². The molecule has 0 fully saturated rings. The van der Waals surface area contributed by atoms with E-state index in [1.807, 2.05) is 0 Å². The Hall–Kier alpha value is -1.58. The van der Waals surface area contributed by atoms with Gasteiger partial charge in [-0.05, 0) is 39.4 Å². The average molecular weight is 242 g/mol.